The normalized spacial score (nSPS) is 15.2. The zero-order valence-electron chi connectivity index (χ0n) is 18.8. The fourth-order valence-corrected chi connectivity index (χ4v) is 4.69. The van der Waals surface area contributed by atoms with Gasteiger partial charge in [0.1, 0.15) is 5.82 Å². The number of nitrogens with zero attached hydrogens (tertiary/aromatic N) is 2. The maximum atomic E-state index is 14.0. The number of pyridine rings is 1. The first-order valence-electron chi connectivity index (χ1n) is 11.2. The van der Waals surface area contributed by atoms with E-state index < -0.39 is 5.41 Å². The van der Waals surface area contributed by atoms with Crippen LogP contribution in [0.5, 0.6) is 0 Å². The van der Waals surface area contributed by atoms with E-state index in [1.165, 1.54) is 6.07 Å². The minimum absolute atomic E-state index is 0.00954. The Balaban J connectivity index is 1.52. The summed E-state index contributed by atoms with van der Waals surface area (Å²) in [7, 11) is 1.66. The zero-order valence-corrected chi connectivity index (χ0v) is 18.8. The van der Waals surface area contributed by atoms with Crippen molar-refractivity contribution in [3.8, 4) is 11.1 Å². The molecule has 6 heteroatoms. The molecule has 1 N–H and O–H groups in total. The number of carbonyl (C=O) groups excluding carboxylic acids is 2. The fourth-order valence-electron chi connectivity index (χ4n) is 4.69. The van der Waals surface area contributed by atoms with Crippen LogP contribution in [-0.2, 0) is 22.4 Å². The molecule has 0 radical (unpaired) electrons. The molecule has 2 heterocycles. The number of hydrogen-bond acceptors (Lipinski definition) is 3. The Labute approximate surface area is 193 Å². The van der Waals surface area contributed by atoms with Crippen LogP contribution in [0.1, 0.15) is 24.0 Å². The summed E-state index contributed by atoms with van der Waals surface area (Å²) < 4.78 is 14.0. The standard InChI is InChI=1S/C27H28FN3O2/c1-29-26(33)27(18-21-8-2-4-10-23(21)22-9-6-14-30-19-22)12-15-31(16-13-27)25(32)17-20-7-3-5-11-24(20)28/h2-11,14,19H,12-13,15-18H2,1H3,(H,29,33). The number of likely N-dealkylation sites (tertiary alicyclic amines) is 1. The van der Waals surface area contributed by atoms with Gasteiger partial charge in [-0.15, -0.1) is 0 Å². The van der Waals surface area contributed by atoms with Crippen molar-refractivity contribution in [2.45, 2.75) is 25.7 Å². The molecule has 2 amide bonds. The first-order chi connectivity index (χ1) is 16.0. The average Bonchev–Trinajstić information content (AvgIpc) is 2.86. The van der Waals surface area contributed by atoms with Crippen LogP contribution in [0.4, 0.5) is 4.39 Å². The maximum Gasteiger partial charge on any atom is 0.227 e. The molecule has 33 heavy (non-hydrogen) atoms. The number of nitrogens with one attached hydrogen (secondary N) is 1. The third-order valence-electron chi connectivity index (χ3n) is 6.60. The van der Waals surface area contributed by atoms with Gasteiger partial charge in [-0.05, 0) is 48.1 Å². The number of rotatable bonds is 6. The van der Waals surface area contributed by atoms with Crippen LogP contribution < -0.4 is 5.32 Å². The molecule has 3 aromatic rings. The molecule has 0 aliphatic carbocycles. The third kappa shape index (κ3) is 4.95. The highest BCUT2D eigenvalue weighted by molar-refractivity contribution is 5.84. The molecule has 0 unspecified atom stereocenters. The molecule has 1 aromatic heterocycles. The fraction of sp³-hybridized carbons (Fsp3) is 0.296. The Bertz CT molecular complexity index is 1120. The first kappa shape index (κ1) is 22.6. The summed E-state index contributed by atoms with van der Waals surface area (Å²) in [6, 6.07) is 18.4. The molecule has 170 valence electrons. The second-order valence-electron chi connectivity index (χ2n) is 8.58. The monoisotopic (exact) mass is 445 g/mol. The molecule has 0 spiro atoms. The quantitative estimate of drug-likeness (QED) is 0.623. The lowest BCUT2D eigenvalue weighted by atomic mass is 9.72. The van der Waals surface area contributed by atoms with Crippen molar-refractivity contribution in [1.82, 2.24) is 15.2 Å². The smallest absolute Gasteiger partial charge is 0.227 e. The number of aromatic nitrogens is 1. The van der Waals surface area contributed by atoms with Crippen LogP contribution in [0.25, 0.3) is 11.1 Å². The van der Waals surface area contributed by atoms with Crippen LogP contribution in [0.2, 0.25) is 0 Å². The topological polar surface area (TPSA) is 62.3 Å². The van der Waals surface area contributed by atoms with Gasteiger partial charge in [0.05, 0.1) is 11.8 Å². The van der Waals surface area contributed by atoms with Crippen molar-refractivity contribution in [3.05, 3.63) is 90.0 Å². The molecule has 0 bridgehead atoms. The molecule has 1 saturated heterocycles. The second kappa shape index (κ2) is 9.94. The van der Waals surface area contributed by atoms with Gasteiger partial charge in [0.25, 0.3) is 0 Å². The highest BCUT2D eigenvalue weighted by Gasteiger charge is 2.42. The minimum atomic E-state index is -0.609. The second-order valence-corrected chi connectivity index (χ2v) is 8.58. The Morgan fingerprint density at radius 3 is 2.36 bits per heavy atom. The largest absolute Gasteiger partial charge is 0.359 e. The molecular weight excluding hydrogens is 417 g/mol. The van der Waals surface area contributed by atoms with E-state index in [1.807, 2.05) is 30.5 Å². The summed E-state index contributed by atoms with van der Waals surface area (Å²) >= 11 is 0. The van der Waals surface area contributed by atoms with Gasteiger partial charge in [0, 0.05) is 38.1 Å². The number of amides is 2. The predicted molar refractivity (Wildman–Crippen MR) is 126 cm³/mol. The van der Waals surface area contributed by atoms with Crippen LogP contribution >= 0.6 is 0 Å². The van der Waals surface area contributed by atoms with Crippen molar-refractivity contribution >= 4 is 11.8 Å². The molecule has 2 aromatic carbocycles. The minimum Gasteiger partial charge on any atom is -0.359 e. The van der Waals surface area contributed by atoms with Crippen LogP contribution in [0.3, 0.4) is 0 Å². The predicted octanol–water partition coefficient (Wildman–Crippen LogP) is 4.03. The zero-order chi connectivity index (χ0) is 23.3. The third-order valence-corrected chi connectivity index (χ3v) is 6.60. The van der Waals surface area contributed by atoms with E-state index in [9.17, 15) is 14.0 Å². The maximum absolute atomic E-state index is 14.0. The van der Waals surface area contributed by atoms with Gasteiger partial charge < -0.3 is 10.2 Å². The molecule has 0 atom stereocenters. The lowest BCUT2D eigenvalue weighted by molar-refractivity contribution is -0.140. The van der Waals surface area contributed by atoms with Gasteiger partial charge in [-0.2, -0.15) is 0 Å². The number of benzene rings is 2. The highest BCUT2D eigenvalue weighted by atomic mass is 19.1. The van der Waals surface area contributed by atoms with E-state index in [0.717, 1.165) is 16.7 Å². The van der Waals surface area contributed by atoms with Crippen molar-refractivity contribution in [3.63, 3.8) is 0 Å². The van der Waals surface area contributed by atoms with Gasteiger partial charge in [-0.3, -0.25) is 14.6 Å². The summed E-state index contributed by atoms with van der Waals surface area (Å²) in [5.41, 5.74) is 2.95. The number of piperidine rings is 1. The van der Waals surface area contributed by atoms with Gasteiger partial charge >= 0.3 is 0 Å². The summed E-state index contributed by atoms with van der Waals surface area (Å²) in [6.45, 7) is 0.936. The Morgan fingerprint density at radius 2 is 1.70 bits per heavy atom. The van der Waals surface area contributed by atoms with Crippen molar-refractivity contribution in [2.75, 3.05) is 20.1 Å². The van der Waals surface area contributed by atoms with Gasteiger partial charge in [-0.1, -0.05) is 48.5 Å². The molecule has 1 aliphatic heterocycles. The van der Waals surface area contributed by atoms with Gasteiger partial charge in [0.2, 0.25) is 11.8 Å². The summed E-state index contributed by atoms with van der Waals surface area (Å²) in [4.78, 5) is 31.9. The lowest BCUT2D eigenvalue weighted by Crippen LogP contribution is -2.51. The van der Waals surface area contributed by atoms with E-state index in [0.29, 0.717) is 37.9 Å². The molecule has 0 saturated carbocycles. The van der Waals surface area contributed by atoms with Crippen LogP contribution in [-0.4, -0.2) is 41.8 Å². The van der Waals surface area contributed by atoms with E-state index in [4.69, 9.17) is 0 Å². The molecule has 1 fully saturated rings. The van der Waals surface area contributed by atoms with Crippen molar-refractivity contribution in [2.24, 2.45) is 5.41 Å². The van der Waals surface area contributed by atoms with E-state index in [2.05, 4.69) is 22.4 Å². The van der Waals surface area contributed by atoms with E-state index in [1.54, 1.807) is 36.3 Å². The van der Waals surface area contributed by atoms with Crippen molar-refractivity contribution in [1.29, 1.82) is 0 Å². The molecule has 5 nitrogen and oxygen atoms in total. The van der Waals surface area contributed by atoms with Crippen LogP contribution in [0, 0.1) is 11.2 Å². The number of hydrogen-bond donors (Lipinski definition) is 1. The van der Waals surface area contributed by atoms with E-state index >= 15 is 0 Å². The molecular formula is C27H28FN3O2. The first-order valence-corrected chi connectivity index (χ1v) is 11.2. The lowest BCUT2D eigenvalue weighted by Gasteiger charge is -2.41. The summed E-state index contributed by atoms with van der Waals surface area (Å²) in [6.07, 6.45) is 5.28. The molecule has 1 aliphatic rings. The van der Waals surface area contributed by atoms with Crippen molar-refractivity contribution < 1.29 is 14.0 Å². The Kier molecular flexibility index (Phi) is 6.82. The number of carbonyl (C=O) groups is 2. The summed E-state index contributed by atoms with van der Waals surface area (Å²) in [5, 5.41) is 2.84. The van der Waals surface area contributed by atoms with Gasteiger partial charge in [-0.25, -0.2) is 4.39 Å². The number of halogens is 1. The SMILES string of the molecule is CNC(=O)C1(Cc2ccccc2-c2cccnc2)CCN(C(=O)Cc2ccccc2F)CC1. The Hall–Kier alpha value is -3.54. The summed E-state index contributed by atoms with van der Waals surface area (Å²) in [5.74, 6) is -0.486. The average molecular weight is 446 g/mol. The Morgan fingerprint density at radius 1 is 1.00 bits per heavy atom. The highest BCUT2D eigenvalue weighted by Crippen LogP contribution is 2.38. The van der Waals surface area contributed by atoms with E-state index in [-0.39, 0.29) is 24.1 Å². The van der Waals surface area contributed by atoms with Gasteiger partial charge in [0.15, 0.2) is 0 Å². The van der Waals surface area contributed by atoms with Crippen LogP contribution in [0.15, 0.2) is 73.1 Å². The molecule has 4 rings (SSSR count).